The molecule has 3 rings (SSSR count). The minimum Gasteiger partial charge on any atom is -0.381 e. The van der Waals surface area contributed by atoms with E-state index in [4.69, 9.17) is 11.1 Å². The predicted octanol–water partition coefficient (Wildman–Crippen LogP) is 1.09. The molecule has 3 aromatic rings. The van der Waals surface area contributed by atoms with Gasteiger partial charge in [-0.1, -0.05) is 12.1 Å². The molecule has 0 saturated carbocycles. The molecule has 1 aromatic carbocycles. The van der Waals surface area contributed by atoms with Gasteiger partial charge in [-0.25, -0.2) is 9.97 Å². The van der Waals surface area contributed by atoms with Gasteiger partial charge in [0, 0.05) is 12.4 Å². The number of aromatic nitrogens is 4. The van der Waals surface area contributed by atoms with E-state index in [1.165, 1.54) is 0 Å². The van der Waals surface area contributed by atoms with Crippen LogP contribution in [-0.2, 0) is 6.54 Å². The largest absolute Gasteiger partial charge is 0.381 e. The van der Waals surface area contributed by atoms with E-state index in [1.807, 2.05) is 28.8 Å². The molecular weight excluding hydrogens is 228 g/mol. The molecule has 0 aliphatic carbocycles. The summed E-state index contributed by atoms with van der Waals surface area (Å²) in [6.45, 7) is 0.516. The van der Waals surface area contributed by atoms with E-state index in [0.717, 1.165) is 16.9 Å². The van der Waals surface area contributed by atoms with E-state index in [0.29, 0.717) is 12.4 Å². The van der Waals surface area contributed by atoms with Crippen molar-refractivity contribution < 1.29 is 0 Å². The maximum Gasteiger partial charge on any atom is 0.176 e. The fourth-order valence-electron chi connectivity index (χ4n) is 1.98. The average Bonchev–Trinajstić information content (AvgIpc) is 2.98. The lowest BCUT2D eigenvalue weighted by atomic mass is 10.3. The lowest BCUT2D eigenvalue weighted by molar-refractivity contribution is 0.767. The third-order valence-corrected chi connectivity index (χ3v) is 2.76. The van der Waals surface area contributed by atoms with Gasteiger partial charge in [-0.2, -0.15) is 0 Å². The third-order valence-electron chi connectivity index (χ3n) is 2.76. The molecule has 18 heavy (non-hydrogen) atoms. The zero-order valence-corrected chi connectivity index (χ0v) is 9.59. The van der Waals surface area contributed by atoms with Crippen LogP contribution >= 0.6 is 0 Å². The van der Waals surface area contributed by atoms with Crippen LogP contribution in [0, 0.1) is 5.41 Å². The molecule has 0 aliphatic heterocycles. The van der Waals surface area contributed by atoms with Crippen LogP contribution in [0.3, 0.4) is 0 Å². The normalized spacial score (nSPS) is 10.9. The number of nitrogens with zero attached hydrogens (tertiary/aromatic N) is 3. The SMILES string of the molecule is N=C(N)c1nc2ccccc2n1Cc1ncc[nH]1. The smallest absolute Gasteiger partial charge is 0.176 e. The van der Waals surface area contributed by atoms with Crippen molar-refractivity contribution in [2.45, 2.75) is 6.54 Å². The number of nitrogens with two attached hydrogens (primary N) is 1. The number of hydrogen-bond acceptors (Lipinski definition) is 3. The Morgan fingerprint density at radius 3 is 2.94 bits per heavy atom. The van der Waals surface area contributed by atoms with Crippen molar-refractivity contribution in [1.82, 2.24) is 19.5 Å². The first-order valence-electron chi connectivity index (χ1n) is 5.53. The Morgan fingerprint density at radius 1 is 1.39 bits per heavy atom. The van der Waals surface area contributed by atoms with E-state index in [2.05, 4.69) is 15.0 Å². The van der Waals surface area contributed by atoms with Crippen LogP contribution in [0.2, 0.25) is 0 Å². The van der Waals surface area contributed by atoms with Gasteiger partial charge in [-0.15, -0.1) is 0 Å². The monoisotopic (exact) mass is 240 g/mol. The van der Waals surface area contributed by atoms with Gasteiger partial charge in [0.25, 0.3) is 0 Å². The van der Waals surface area contributed by atoms with Gasteiger partial charge in [-0.3, -0.25) is 5.41 Å². The van der Waals surface area contributed by atoms with Crippen molar-refractivity contribution in [3.05, 3.63) is 48.3 Å². The molecule has 0 saturated heterocycles. The molecule has 6 heteroatoms. The fraction of sp³-hybridized carbons (Fsp3) is 0.0833. The number of hydrogen-bond donors (Lipinski definition) is 3. The first-order valence-corrected chi connectivity index (χ1v) is 5.53. The van der Waals surface area contributed by atoms with Crippen LogP contribution in [-0.4, -0.2) is 25.4 Å². The van der Waals surface area contributed by atoms with Gasteiger partial charge in [0.1, 0.15) is 5.82 Å². The predicted molar refractivity (Wildman–Crippen MR) is 68.4 cm³/mol. The first kappa shape index (κ1) is 10.5. The van der Waals surface area contributed by atoms with Crippen LogP contribution in [0.15, 0.2) is 36.7 Å². The molecule has 0 fully saturated rings. The Labute approximate surface area is 103 Å². The summed E-state index contributed by atoms with van der Waals surface area (Å²) in [6.07, 6.45) is 3.46. The lowest BCUT2D eigenvalue weighted by Gasteiger charge is -2.05. The van der Waals surface area contributed by atoms with Crippen molar-refractivity contribution in [1.29, 1.82) is 5.41 Å². The molecule has 2 aromatic heterocycles. The van der Waals surface area contributed by atoms with Crippen LogP contribution in [0.5, 0.6) is 0 Å². The van der Waals surface area contributed by atoms with Gasteiger partial charge in [0.05, 0.1) is 17.6 Å². The highest BCUT2D eigenvalue weighted by Gasteiger charge is 2.13. The number of amidine groups is 1. The molecule has 0 aliphatic rings. The Kier molecular flexibility index (Phi) is 2.33. The highest BCUT2D eigenvalue weighted by molar-refractivity contribution is 5.95. The Bertz CT molecular complexity index is 695. The Hall–Kier alpha value is -2.63. The van der Waals surface area contributed by atoms with Crippen molar-refractivity contribution in [3.63, 3.8) is 0 Å². The van der Waals surface area contributed by atoms with Crippen LogP contribution in [0.1, 0.15) is 11.6 Å². The maximum absolute atomic E-state index is 7.60. The molecule has 0 atom stereocenters. The van der Waals surface area contributed by atoms with Crippen molar-refractivity contribution in [3.8, 4) is 0 Å². The van der Waals surface area contributed by atoms with Gasteiger partial charge in [0.2, 0.25) is 0 Å². The minimum atomic E-state index is -0.0437. The van der Waals surface area contributed by atoms with Crippen LogP contribution in [0.4, 0.5) is 0 Å². The molecule has 6 nitrogen and oxygen atoms in total. The summed E-state index contributed by atoms with van der Waals surface area (Å²) >= 11 is 0. The molecule has 90 valence electrons. The second-order valence-electron chi connectivity index (χ2n) is 3.96. The van der Waals surface area contributed by atoms with Gasteiger partial charge in [0.15, 0.2) is 11.7 Å². The number of aromatic amines is 1. The summed E-state index contributed by atoms with van der Waals surface area (Å²) in [6, 6.07) is 7.71. The van der Waals surface area contributed by atoms with Crippen LogP contribution in [0.25, 0.3) is 11.0 Å². The highest BCUT2D eigenvalue weighted by atomic mass is 15.1. The molecule has 0 unspecified atom stereocenters. The Balaban J connectivity index is 2.18. The second-order valence-corrected chi connectivity index (χ2v) is 3.96. The molecule has 0 radical (unpaired) electrons. The molecule has 0 amide bonds. The standard InChI is InChI=1S/C12H12N6/c13-11(14)12-17-8-3-1-2-4-9(8)18(12)7-10-15-5-6-16-10/h1-6H,7H2,(H3,13,14)(H,15,16). The van der Waals surface area contributed by atoms with E-state index < -0.39 is 0 Å². The summed E-state index contributed by atoms with van der Waals surface area (Å²) in [4.78, 5) is 11.6. The summed E-state index contributed by atoms with van der Waals surface area (Å²) in [5, 5.41) is 7.60. The molecular formula is C12H12N6. The molecule has 2 heterocycles. The lowest BCUT2D eigenvalue weighted by Crippen LogP contribution is -2.19. The second kappa shape index (κ2) is 3.99. The number of nitrogen functional groups attached to an aromatic ring is 1. The molecule has 0 bridgehead atoms. The van der Waals surface area contributed by atoms with Crippen LogP contribution < -0.4 is 5.73 Å². The number of imidazole rings is 2. The third kappa shape index (κ3) is 1.64. The Morgan fingerprint density at radius 2 is 2.22 bits per heavy atom. The van der Waals surface area contributed by atoms with E-state index in [9.17, 15) is 0 Å². The topological polar surface area (TPSA) is 96.4 Å². The summed E-state index contributed by atoms with van der Waals surface area (Å²) in [5.74, 6) is 1.23. The first-order chi connectivity index (χ1) is 8.75. The highest BCUT2D eigenvalue weighted by Crippen LogP contribution is 2.16. The minimum absolute atomic E-state index is 0.0437. The fourth-order valence-corrected chi connectivity index (χ4v) is 1.98. The number of fused-ring (bicyclic) bond motifs is 1. The number of H-pyrrole nitrogens is 1. The zero-order valence-electron chi connectivity index (χ0n) is 9.59. The number of benzene rings is 1. The van der Waals surface area contributed by atoms with E-state index >= 15 is 0 Å². The maximum atomic E-state index is 7.60. The average molecular weight is 240 g/mol. The van der Waals surface area contributed by atoms with Gasteiger partial charge in [-0.05, 0) is 12.1 Å². The van der Waals surface area contributed by atoms with Gasteiger partial charge >= 0.3 is 0 Å². The van der Waals surface area contributed by atoms with E-state index in [-0.39, 0.29) is 5.84 Å². The number of rotatable bonds is 3. The van der Waals surface area contributed by atoms with Crippen molar-refractivity contribution >= 4 is 16.9 Å². The molecule has 0 spiro atoms. The summed E-state index contributed by atoms with van der Waals surface area (Å²) < 4.78 is 1.89. The van der Waals surface area contributed by atoms with Crippen molar-refractivity contribution in [2.24, 2.45) is 5.73 Å². The van der Waals surface area contributed by atoms with Crippen molar-refractivity contribution in [2.75, 3.05) is 0 Å². The zero-order chi connectivity index (χ0) is 12.5. The number of para-hydroxylation sites is 2. The van der Waals surface area contributed by atoms with Gasteiger partial charge < -0.3 is 15.3 Å². The summed E-state index contributed by atoms with van der Waals surface area (Å²) in [7, 11) is 0. The number of nitrogens with one attached hydrogen (secondary N) is 2. The summed E-state index contributed by atoms with van der Waals surface area (Å²) in [5.41, 5.74) is 7.35. The van der Waals surface area contributed by atoms with E-state index in [1.54, 1.807) is 12.4 Å². The quantitative estimate of drug-likeness (QED) is 0.472. The molecule has 4 N–H and O–H groups in total.